The van der Waals surface area contributed by atoms with Crippen LogP contribution < -0.4 is 29.9 Å². The van der Waals surface area contributed by atoms with Crippen molar-refractivity contribution in [2.75, 3.05) is 55.5 Å². The SMILES string of the molecule is COc1cc2c(cc1OC)C(=O)N(c1ncc(C(=O)Nc3cnccc3N3CC4(CCNCC4)C3)o1)C2. The molecule has 0 unspecified atom stereocenters. The molecule has 3 aromatic rings. The first-order valence-corrected chi connectivity index (χ1v) is 12.2. The van der Waals surface area contributed by atoms with E-state index in [-0.39, 0.29) is 24.2 Å². The summed E-state index contributed by atoms with van der Waals surface area (Å²) < 4.78 is 16.4. The van der Waals surface area contributed by atoms with Crippen LogP contribution in [-0.2, 0) is 6.54 Å². The number of nitrogens with zero attached hydrogens (tertiary/aromatic N) is 4. The summed E-state index contributed by atoms with van der Waals surface area (Å²) >= 11 is 0. The number of pyridine rings is 1. The standard InChI is InChI=1S/C26H28N6O5/c1-35-20-9-16-13-32(24(34)17(16)10-21(20)36-2)25-29-12-22(37-25)23(33)30-18-11-28-6-3-19(18)31-14-26(15-31)4-7-27-8-5-26/h3,6,9-12,27H,4-5,7-8,13-15H2,1-2H3,(H,30,33). The summed E-state index contributed by atoms with van der Waals surface area (Å²) in [5.41, 5.74) is 3.12. The lowest BCUT2D eigenvalue weighted by atomic mass is 9.72. The Balaban J connectivity index is 1.16. The average molecular weight is 505 g/mol. The molecular weight excluding hydrogens is 476 g/mol. The highest BCUT2D eigenvalue weighted by molar-refractivity contribution is 6.10. The van der Waals surface area contributed by atoms with Gasteiger partial charge in [-0.25, -0.2) is 4.98 Å². The van der Waals surface area contributed by atoms with Crippen LogP contribution in [0.2, 0.25) is 0 Å². The minimum absolute atomic E-state index is 0.00200. The molecule has 2 fully saturated rings. The number of anilines is 3. The maximum atomic E-state index is 13.0. The molecule has 2 N–H and O–H groups in total. The van der Waals surface area contributed by atoms with Crippen LogP contribution >= 0.6 is 0 Å². The van der Waals surface area contributed by atoms with Gasteiger partial charge in [-0.1, -0.05) is 0 Å². The first-order chi connectivity index (χ1) is 18.0. The molecule has 6 rings (SSSR count). The van der Waals surface area contributed by atoms with Crippen LogP contribution in [0, 0.1) is 5.41 Å². The molecule has 0 radical (unpaired) electrons. The normalized spacial score (nSPS) is 17.9. The van der Waals surface area contributed by atoms with Crippen LogP contribution in [0.1, 0.15) is 39.3 Å². The highest BCUT2D eigenvalue weighted by Crippen LogP contribution is 2.43. The number of carbonyl (C=O) groups is 2. The molecule has 1 spiro atoms. The second-order valence-electron chi connectivity index (χ2n) is 9.72. The third-order valence-electron chi connectivity index (χ3n) is 7.47. The molecule has 11 heteroatoms. The van der Waals surface area contributed by atoms with E-state index >= 15 is 0 Å². The molecule has 2 aromatic heterocycles. The van der Waals surface area contributed by atoms with Crippen LogP contribution in [0.3, 0.4) is 0 Å². The zero-order valence-corrected chi connectivity index (χ0v) is 20.7. The summed E-state index contributed by atoms with van der Waals surface area (Å²) in [5.74, 6) is 0.247. The molecular formula is C26H28N6O5. The molecule has 1 aromatic carbocycles. The van der Waals surface area contributed by atoms with E-state index in [0.29, 0.717) is 28.2 Å². The van der Waals surface area contributed by atoms with E-state index in [9.17, 15) is 9.59 Å². The quantitative estimate of drug-likeness (QED) is 0.522. The van der Waals surface area contributed by atoms with Gasteiger partial charge in [0.15, 0.2) is 11.5 Å². The van der Waals surface area contributed by atoms with Gasteiger partial charge in [-0.3, -0.25) is 19.5 Å². The van der Waals surface area contributed by atoms with E-state index in [2.05, 4.69) is 25.5 Å². The van der Waals surface area contributed by atoms with Gasteiger partial charge in [-0.15, -0.1) is 0 Å². The van der Waals surface area contributed by atoms with E-state index in [4.69, 9.17) is 13.9 Å². The van der Waals surface area contributed by atoms with Crippen molar-refractivity contribution < 1.29 is 23.5 Å². The van der Waals surface area contributed by atoms with Gasteiger partial charge >= 0.3 is 6.01 Å². The summed E-state index contributed by atoms with van der Waals surface area (Å²) in [6, 6.07) is 5.36. The van der Waals surface area contributed by atoms with Crippen molar-refractivity contribution in [3.63, 3.8) is 0 Å². The van der Waals surface area contributed by atoms with Crippen LogP contribution in [0.15, 0.2) is 41.2 Å². The van der Waals surface area contributed by atoms with E-state index in [0.717, 1.165) is 50.3 Å². The molecule has 0 atom stereocenters. The Hall–Kier alpha value is -4.12. The van der Waals surface area contributed by atoms with Crippen LogP contribution in [0.4, 0.5) is 17.4 Å². The van der Waals surface area contributed by atoms with Crippen LogP contribution in [0.5, 0.6) is 11.5 Å². The lowest BCUT2D eigenvalue weighted by molar-refractivity contribution is 0.0974. The Morgan fingerprint density at radius 1 is 1.14 bits per heavy atom. The molecule has 11 nitrogen and oxygen atoms in total. The molecule has 192 valence electrons. The van der Waals surface area contributed by atoms with E-state index < -0.39 is 5.91 Å². The number of benzene rings is 1. The van der Waals surface area contributed by atoms with Crippen LogP contribution in [-0.4, -0.2) is 62.2 Å². The van der Waals surface area contributed by atoms with E-state index in [1.165, 1.54) is 18.2 Å². The van der Waals surface area contributed by atoms with Crippen molar-refractivity contribution in [3.8, 4) is 11.5 Å². The second kappa shape index (κ2) is 9.07. The highest BCUT2D eigenvalue weighted by Gasteiger charge is 2.44. The fourth-order valence-electron chi connectivity index (χ4n) is 5.44. The number of rotatable bonds is 6. The van der Waals surface area contributed by atoms with Gasteiger partial charge in [0.05, 0.1) is 44.5 Å². The molecule has 0 saturated carbocycles. The first kappa shape index (κ1) is 23.3. The Labute approximate surface area is 213 Å². The van der Waals surface area contributed by atoms with Gasteiger partial charge in [0.2, 0.25) is 5.76 Å². The number of nitrogens with one attached hydrogen (secondary N) is 2. The van der Waals surface area contributed by atoms with Gasteiger partial charge in [0, 0.05) is 30.3 Å². The Morgan fingerprint density at radius 3 is 2.65 bits per heavy atom. The minimum Gasteiger partial charge on any atom is -0.493 e. The van der Waals surface area contributed by atoms with E-state index in [1.807, 2.05) is 6.07 Å². The van der Waals surface area contributed by atoms with Crippen molar-refractivity contribution in [2.45, 2.75) is 19.4 Å². The minimum atomic E-state index is -0.461. The zero-order chi connectivity index (χ0) is 25.6. The summed E-state index contributed by atoms with van der Waals surface area (Å²) in [6.07, 6.45) is 7.02. The predicted molar refractivity (Wildman–Crippen MR) is 136 cm³/mol. The molecule has 0 bridgehead atoms. The molecule has 5 heterocycles. The first-order valence-electron chi connectivity index (χ1n) is 12.2. The summed E-state index contributed by atoms with van der Waals surface area (Å²) in [7, 11) is 3.06. The molecule has 37 heavy (non-hydrogen) atoms. The summed E-state index contributed by atoms with van der Waals surface area (Å²) in [4.78, 5) is 38.1. The molecule has 3 aliphatic heterocycles. The highest BCUT2D eigenvalue weighted by atomic mass is 16.5. The smallest absolute Gasteiger partial charge is 0.305 e. The monoisotopic (exact) mass is 504 g/mol. The van der Waals surface area contributed by atoms with Crippen molar-refractivity contribution in [2.24, 2.45) is 5.41 Å². The number of ether oxygens (including phenoxy) is 2. The van der Waals surface area contributed by atoms with Crippen molar-refractivity contribution >= 4 is 29.2 Å². The number of piperidine rings is 1. The van der Waals surface area contributed by atoms with Gasteiger partial charge in [-0.2, -0.15) is 0 Å². The number of hydrogen-bond donors (Lipinski definition) is 2. The van der Waals surface area contributed by atoms with Gasteiger partial charge < -0.3 is 29.4 Å². The lowest BCUT2D eigenvalue weighted by Gasteiger charge is -2.53. The van der Waals surface area contributed by atoms with Crippen molar-refractivity contribution in [1.29, 1.82) is 0 Å². The molecule has 3 aliphatic rings. The molecule has 0 aliphatic carbocycles. The van der Waals surface area contributed by atoms with Crippen molar-refractivity contribution in [1.82, 2.24) is 15.3 Å². The number of amides is 2. The Kier molecular flexibility index (Phi) is 5.71. The number of fused-ring (bicyclic) bond motifs is 1. The predicted octanol–water partition coefficient (Wildman–Crippen LogP) is 2.69. The number of methoxy groups -OCH3 is 2. The number of aromatic nitrogens is 2. The lowest BCUT2D eigenvalue weighted by Crippen LogP contribution is -2.60. The fourth-order valence-corrected chi connectivity index (χ4v) is 5.44. The maximum absolute atomic E-state index is 13.0. The average Bonchev–Trinajstić information content (AvgIpc) is 3.52. The van der Waals surface area contributed by atoms with Gasteiger partial charge in [0.1, 0.15) is 0 Å². The fraction of sp³-hybridized carbons (Fsp3) is 0.385. The van der Waals surface area contributed by atoms with Crippen LogP contribution in [0.25, 0.3) is 0 Å². The maximum Gasteiger partial charge on any atom is 0.305 e. The Bertz CT molecular complexity index is 1360. The van der Waals surface area contributed by atoms with Crippen molar-refractivity contribution in [3.05, 3.63) is 53.7 Å². The third kappa shape index (κ3) is 4.05. The molecule has 2 amide bonds. The largest absolute Gasteiger partial charge is 0.493 e. The number of hydrogen-bond acceptors (Lipinski definition) is 9. The molecule has 2 saturated heterocycles. The Morgan fingerprint density at radius 2 is 1.89 bits per heavy atom. The van der Waals surface area contributed by atoms with Gasteiger partial charge in [-0.05, 0) is 49.7 Å². The number of oxazole rings is 1. The second-order valence-corrected chi connectivity index (χ2v) is 9.72. The topological polar surface area (TPSA) is 122 Å². The zero-order valence-electron chi connectivity index (χ0n) is 20.7. The third-order valence-corrected chi connectivity index (χ3v) is 7.47. The summed E-state index contributed by atoms with van der Waals surface area (Å²) in [5, 5.41) is 6.33. The number of carbonyl (C=O) groups excluding carboxylic acids is 2. The van der Waals surface area contributed by atoms with E-state index in [1.54, 1.807) is 31.6 Å². The summed E-state index contributed by atoms with van der Waals surface area (Å²) in [6.45, 7) is 4.26. The van der Waals surface area contributed by atoms with Gasteiger partial charge in [0.25, 0.3) is 11.8 Å².